The predicted octanol–water partition coefficient (Wildman–Crippen LogP) is 6.11. The second-order valence-corrected chi connectivity index (χ2v) is 6.17. The number of hydrogen-bond acceptors (Lipinski definition) is 1. The van der Waals surface area contributed by atoms with Crippen molar-refractivity contribution < 1.29 is 13.2 Å². The SMILES string of the molecule is FC(F)(F)c1cc(Cl)c(-n2cc(Br)c3ncccc32)c(Cl)c1. The number of halogens is 6. The normalized spacial score (nSPS) is 12.1. The fourth-order valence-corrected chi connectivity index (χ4v) is 3.34. The molecule has 8 heteroatoms. The number of benzene rings is 1. The molecule has 3 rings (SSSR count). The Morgan fingerprint density at radius 3 is 2.36 bits per heavy atom. The summed E-state index contributed by atoms with van der Waals surface area (Å²) in [5.41, 5.74) is 0.729. The van der Waals surface area contributed by atoms with Crippen LogP contribution in [0.3, 0.4) is 0 Å². The Kier molecular flexibility index (Phi) is 3.87. The third-order valence-electron chi connectivity index (χ3n) is 3.10. The molecule has 3 aromatic rings. The van der Waals surface area contributed by atoms with Crippen molar-refractivity contribution in [1.29, 1.82) is 0 Å². The van der Waals surface area contributed by atoms with Crippen molar-refractivity contribution in [3.63, 3.8) is 0 Å². The molecule has 0 saturated heterocycles. The number of pyridine rings is 1. The second kappa shape index (κ2) is 5.44. The van der Waals surface area contributed by atoms with Gasteiger partial charge in [-0.25, -0.2) is 0 Å². The Morgan fingerprint density at radius 2 is 1.77 bits per heavy atom. The average molecular weight is 410 g/mol. The molecule has 0 atom stereocenters. The van der Waals surface area contributed by atoms with Crippen LogP contribution in [0.2, 0.25) is 10.0 Å². The zero-order valence-electron chi connectivity index (χ0n) is 10.6. The minimum absolute atomic E-state index is 0.0897. The van der Waals surface area contributed by atoms with Crippen LogP contribution < -0.4 is 0 Å². The molecule has 2 heterocycles. The van der Waals surface area contributed by atoms with E-state index in [1.54, 1.807) is 29.1 Å². The Hall–Kier alpha value is -1.24. The molecule has 22 heavy (non-hydrogen) atoms. The van der Waals surface area contributed by atoms with Crippen LogP contribution in [0.4, 0.5) is 13.2 Å². The summed E-state index contributed by atoms with van der Waals surface area (Å²) in [7, 11) is 0. The van der Waals surface area contributed by atoms with E-state index in [1.165, 1.54) is 0 Å². The van der Waals surface area contributed by atoms with Gasteiger partial charge in [0.15, 0.2) is 0 Å². The van der Waals surface area contributed by atoms with E-state index in [9.17, 15) is 13.2 Å². The first-order valence-electron chi connectivity index (χ1n) is 5.97. The summed E-state index contributed by atoms with van der Waals surface area (Å²) >= 11 is 15.4. The van der Waals surface area contributed by atoms with Crippen molar-refractivity contribution in [3.05, 3.63) is 56.7 Å². The van der Waals surface area contributed by atoms with Gasteiger partial charge in [0, 0.05) is 12.4 Å². The molecule has 114 valence electrons. The lowest BCUT2D eigenvalue weighted by atomic mass is 10.2. The molecule has 0 radical (unpaired) electrons. The second-order valence-electron chi connectivity index (χ2n) is 4.50. The molecule has 0 spiro atoms. The quantitative estimate of drug-likeness (QED) is 0.473. The lowest BCUT2D eigenvalue weighted by Gasteiger charge is -2.13. The molecule has 0 saturated carbocycles. The molecule has 0 unspecified atom stereocenters. The lowest BCUT2D eigenvalue weighted by molar-refractivity contribution is -0.137. The van der Waals surface area contributed by atoms with Gasteiger partial charge in [0.1, 0.15) is 5.52 Å². The van der Waals surface area contributed by atoms with Gasteiger partial charge in [0.25, 0.3) is 0 Å². The number of aromatic nitrogens is 2. The van der Waals surface area contributed by atoms with E-state index >= 15 is 0 Å². The van der Waals surface area contributed by atoms with Crippen LogP contribution in [0.5, 0.6) is 0 Å². The smallest absolute Gasteiger partial charge is 0.311 e. The van der Waals surface area contributed by atoms with Crippen molar-refractivity contribution in [2.24, 2.45) is 0 Å². The Balaban J connectivity index is 2.28. The van der Waals surface area contributed by atoms with Crippen LogP contribution in [0.25, 0.3) is 16.7 Å². The number of alkyl halides is 3. The first kappa shape index (κ1) is 15.6. The minimum atomic E-state index is -4.51. The maximum atomic E-state index is 12.8. The summed E-state index contributed by atoms with van der Waals surface area (Å²) in [6, 6.07) is 5.21. The number of fused-ring (bicyclic) bond motifs is 1. The van der Waals surface area contributed by atoms with Crippen molar-refractivity contribution >= 4 is 50.2 Å². The van der Waals surface area contributed by atoms with E-state index in [4.69, 9.17) is 23.2 Å². The Bertz CT molecular complexity index is 851. The predicted molar refractivity (Wildman–Crippen MR) is 83.8 cm³/mol. The zero-order valence-corrected chi connectivity index (χ0v) is 13.7. The van der Waals surface area contributed by atoms with Gasteiger partial charge < -0.3 is 4.57 Å². The molecule has 0 aliphatic heterocycles. The summed E-state index contributed by atoms with van der Waals surface area (Å²) in [4.78, 5) is 4.21. The molecule has 0 fully saturated rings. The number of hydrogen-bond donors (Lipinski definition) is 0. The lowest BCUT2D eigenvalue weighted by Crippen LogP contribution is -2.06. The third kappa shape index (κ3) is 2.59. The number of rotatable bonds is 1. The van der Waals surface area contributed by atoms with E-state index in [-0.39, 0.29) is 15.7 Å². The van der Waals surface area contributed by atoms with E-state index in [0.717, 1.165) is 12.1 Å². The largest absolute Gasteiger partial charge is 0.416 e. The molecule has 1 aromatic carbocycles. The van der Waals surface area contributed by atoms with Gasteiger partial charge >= 0.3 is 6.18 Å². The van der Waals surface area contributed by atoms with E-state index in [1.807, 2.05) is 0 Å². The first-order chi connectivity index (χ1) is 10.3. The molecule has 0 N–H and O–H groups in total. The van der Waals surface area contributed by atoms with Gasteiger partial charge in [0.05, 0.1) is 31.3 Å². The topological polar surface area (TPSA) is 17.8 Å². The first-order valence-corrected chi connectivity index (χ1v) is 7.52. The Morgan fingerprint density at radius 1 is 1.14 bits per heavy atom. The monoisotopic (exact) mass is 408 g/mol. The molecule has 2 aromatic heterocycles. The summed E-state index contributed by atoms with van der Waals surface area (Å²) in [5, 5.41) is -0.179. The van der Waals surface area contributed by atoms with Gasteiger partial charge in [-0.2, -0.15) is 13.2 Å². The van der Waals surface area contributed by atoms with Gasteiger partial charge in [-0.15, -0.1) is 0 Å². The highest BCUT2D eigenvalue weighted by molar-refractivity contribution is 9.10. The van der Waals surface area contributed by atoms with Crippen LogP contribution >= 0.6 is 39.1 Å². The average Bonchev–Trinajstić information content (AvgIpc) is 2.75. The molecule has 0 aliphatic rings. The molecular formula is C14H6BrCl2F3N2. The highest BCUT2D eigenvalue weighted by Gasteiger charge is 2.32. The summed E-state index contributed by atoms with van der Waals surface area (Å²) in [6.45, 7) is 0. The van der Waals surface area contributed by atoms with Crippen LogP contribution in [0.1, 0.15) is 5.56 Å². The highest BCUT2D eigenvalue weighted by atomic mass is 79.9. The van der Waals surface area contributed by atoms with Gasteiger partial charge in [0.2, 0.25) is 0 Å². The van der Waals surface area contributed by atoms with E-state index in [2.05, 4.69) is 20.9 Å². The molecule has 0 bridgehead atoms. The summed E-state index contributed by atoms with van der Waals surface area (Å²) < 4.78 is 40.7. The third-order valence-corrected chi connectivity index (χ3v) is 4.26. The van der Waals surface area contributed by atoms with Gasteiger partial charge in [-0.3, -0.25) is 4.98 Å². The molecule has 0 aliphatic carbocycles. The molecule has 0 amide bonds. The van der Waals surface area contributed by atoms with Crippen LogP contribution in [-0.4, -0.2) is 9.55 Å². The maximum absolute atomic E-state index is 12.8. The van der Waals surface area contributed by atoms with Crippen molar-refractivity contribution in [1.82, 2.24) is 9.55 Å². The highest BCUT2D eigenvalue weighted by Crippen LogP contribution is 2.39. The van der Waals surface area contributed by atoms with Crippen LogP contribution in [0.15, 0.2) is 41.1 Å². The summed E-state index contributed by atoms with van der Waals surface area (Å²) in [5.74, 6) is 0. The van der Waals surface area contributed by atoms with Gasteiger partial charge in [-0.1, -0.05) is 23.2 Å². The van der Waals surface area contributed by atoms with Crippen LogP contribution in [0, 0.1) is 0 Å². The zero-order chi connectivity index (χ0) is 16.1. The summed E-state index contributed by atoms with van der Waals surface area (Å²) in [6.07, 6.45) is -1.22. The van der Waals surface area contributed by atoms with Crippen molar-refractivity contribution in [2.45, 2.75) is 6.18 Å². The number of nitrogens with zero attached hydrogens (tertiary/aromatic N) is 2. The molecular weight excluding hydrogens is 404 g/mol. The Labute approximate surface area is 141 Å². The fraction of sp³-hybridized carbons (Fsp3) is 0.0714. The van der Waals surface area contributed by atoms with E-state index in [0.29, 0.717) is 15.5 Å². The molecule has 2 nitrogen and oxygen atoms in total. The van der Waals surface area contributed by atoms with Crippen molar-refractivity contribution in [2.75, 3.05) is 0 Å². The van der Waals surface area contributed by atoms with Crippen molar-refractivity contribution in [3.8, 4) is 5.69 Å². The standard InChI is InChI=1S/C14H6BrCl2F3N2/c15-8-6-22(11-2-1-3-21-12(8)11)13-9(16)4-7(5-10(13)17)14(18,19)20/h1-6H. The maximum Gasteiger partial charge on any atom is 0.416 e. The van der Waals surface area contributed by atoms with Crippen LogP contribution in [-0.2, 0) is 6.18 Å². The fourth-order valence-electron chi connectivity index (χ4n) is 2.16. The van der Waals surface area contributed by atoms with Gasteiger partial charge in [-0.05, 0) is 40.2 Å². The minimum Gasteiger partial charge on any atom is -0.311 e. The van der Waals surface area contributed by atoms with E-state index < -0.39 is 11.7 Å².